The highest BCUT2D eigenvalue weighted by Gasteiger charge is 2.34. The minimum Gasteiger partial charge on any atom is -0.393 e. The highest BCUT2D eigenvalue weighted by molar-refractivity contribution is 5.38. The first-order chi connectivity index (χ1) is 20.5. The summed E-state index contributed by atoms with van der Waals surface area (Å²) in [6.07, 6.45) is 33.8. The first-order valence-corrected chi connectivity index (χ1v) is 16.3. The van der Waals surface area contributed by atoms with Crippen LogP contribution < -0.4 is 0 Å². The van der Waals surface area contributed by atoms with Gasteiger partial charge in [-0.3, -0.25) is 0 Å². The zero-order valence-electron chi connectivity index (χ0n) is 29.9. The Labute approximate surface area is 271 Å². The van der Waals surface area contributed by atoms with E-state index in [9.17, 15) is 10.2 Å². The molecule has 0 aromatic heterocycles. The number of aliphatic hydroxyl groups is 2. The molecule has 3 atom stereocenters. The lowest BCUT2D eigenvalue weighted by molar-refractivity contribution is 0.116. The van der Waals surface area contributed by atoms with Crippen LogP contribution in [0.15, 0.2) is 130 Å². The quantitative estimate of drug-likeness (QED) is 0.205. The molecular weight excluding hydrogens is 536 g/mol. The fourth-order valence-corrected chi connectivity index (χ4v) is 6.02. The van der Waals surface area contributed by atoms with Gasteiger partial charge in [-0.25, -0.2) is 0 Å². The molecule has 0 amide bonds. The Morgan fingerprint density at radius 1 is 0.750 bits per heavy atom. The van der Waals surface area contributed by atoms with E-state index in [1.165, 1.54) is 39.0 Å². The van der Waals surface area contributed by atoms with Crippen molar-refractivity contribution in [2.75, 3.05) is 0 Å². The van der Waals surface area contributed by atoms with Crippen LogP contribution in [0, 0.1) is 16.7 Å². The number of allylic oxidation sites excluding steroid dienone is 20. The second kappa shape index (κ2) is 18.8. The van der Waals surface area contributed by atoms with Crippen molar-refractivity contribution < 1.29 is 10.2 Å². The Morgan fingerprint density at radius 2 is 1.30 bits per heavy atom. The maximum absolute atomic E-state index is 9.95. The number of aliphatic hydroxyl groups excluding tert-OH is 2. The normalized spacial score (nSPS) is 25.5. The van der Waals surface area contributed by atoms with Gasteiger partial charge in [-0.15, -0.1) is 0 Å². The summed E-state index contributed by atoms with van der Waals surface area (Å²) in [5.74, 6) is 0.394. The molecule has 2 nitrogen and oxygen atoms in total. The van der Waals surface area contributed by atoms with Crippen LogP contribution in [0.3, 0.4) is 0 Å². The molecule has 0 unspecified atom stereocenters. The van der Waals surface area contributed by atoms with E-state index in [2.05, 4.69) is 142 Å². The van der Waals surface area contributed by atoms with Gasteiger partial charge in [0.2, 0.25) is 0 Å². The van der Waals surface area contributed by atoms with E-state index in [-0.39, 0.29) is 23.0 Å². The SMILES string of the molecule is C/C=C(C)/C=C/C=C(C)/C=C/[C@H]1C(C)=C[C@H](O)CC1(C)C.C/C=C/C=C(C)/C=C/C=C(C)/C=C/C1=C(C)C[C@@H](O)CC1(C)C. The smallest absolute Gasteiger partial charge is 0.0729 e. The molecule has 0 spiro atoms. The summed E-state index contributed by atoms with van der Waals surface area (Å²) in [4.78, 5) is 0. The molecule has 0 heterocycles. The second-order valence-corrected chi connectivity index (χ2v) is 14.0. The molecule has 2 heteroatoms. The van der Waals surface area contributed by atoms with Crippen molar-refractivity contribution >= 4 is 0 Å². The Bertz CT molecular complexity index is 1270. The molecule has 0 aliphatic heterocycles. The molecule has 0 radical (unpaired) electrons. The molecule has 44 heavy (non-hydrogen) atoms. The highest BCUT2D eigenvalue weighted by atomic mass is 16.3. The molecule has 0 fully saturated rings. The van der Waals surface area contributed by atoms with Crippen molar-refractivity contribution in [2.45, 2.75) is 115 Å². The van der Waals surface area contributed by atoms with Gasteiger partial charge in [-0.05, 0) is 91.1 Å². The summed E-state index contributed by atoms with van der Waals surface area (Å²) in [7, 11) is 0. The molecule has 2 aliphatic carbocycles. The maximum atomic E-state index is 9.95. The van der Waals surface area contributed by atoms with Crippen LogP contribution in [0.4, 0.5) is 0 Å². The third kappa shape index (κ3) is 14.2. The zero-order valence-corrected chi connectivity index (χ0v) is 29.9. The molecule has 2 rings (SSSR count). The minimum atomic E-state index is -0.298. The Morgan fingerprint density at radius 3 is 1.84 bits per heavy atom. The summed E-state index contributed by atoms with van der Waals surface area (Å²) < 4.78 is 0. The van der Waals surface area contributed by atoms with Gasteiger partial charge >= 0.3 is 0 Å². The Kier molecular flexibility index (Phi) is 16.7. The average Bonchev–Trinajstić information content (AvgIpc) is 2.90. The number of hydrogen-bond donors (Lipinski definition) is 2. The lowest BCUT2D eigenvalue weighted by atomic mass is 9.67. The van der Waals surface area contributed by atoms with E-state index in [0.29, 0.717) is 5.92 Å². The van der Waals surface area contributed by atoms with Crippen molar-refractivity contribution in [1.82, 2.24) is 0 Å². The fourth-order valence-electron chi connectivity index (χ4n) is 6.02. The van der Waals surface area contributed by atoms with Gasteiger partial charge in [0, 0.05) is 5.92 Å². The third-order valence-electron chi connectivity index (χ3n) is 8.51. The van der Waals surface area contributed by atoms with E-state index in [1.54, 1.807) is 0 Å². The first-order valence-electron chi connectivity index (χ1n) is 16.3. The standard InChI is InChI=1S/C22H32O.C20H30O/c1-7-8-10-17(2)11-9-12-18(3)13-14-21-19(4)15-20(23)16-22(21,5)6;1-7-15(2)9-8-10-16(3)11-12-19-17(4)13-18(21)14-20(19,5)6/h7-14,20,23H,15-16H2,1-6H3;7-13,18-19,21H,14H2,1-6H3/b8-7+,11-9+,14-13+,17-10+,18-12+;9-8+,12-11+,15-7+,16-10+/t20-;18-,19-/m10/s1. The van der Waals surface area contributed by atoms with Crippen LogP contribution in [0.1, 0.15) is 102 Å². The summed E-state index contributed by atoms with van der Waals surface area (Å²) in [5.41, 5.74) is 9.05. The van der Waals surface area contributed by atoms with Crippen LogP contribution in [0.2, 0.25) is 0 Å². The fraction of sp³-hybridized carbons (Fsp3) is 0.476. The van der Waals surface area contributed by atoms with Gasteiger partial charge in [0.25, 0.3) is 0 Å². The lowest BCUT2D eigenvalue weighted by Gasteiger charge is -2.38. The minimum absolute atomic E-state index is 0.0418. The van der Waals surface area contributed by atoms with Crippen molar-refractivity contribution in [2.24, 2.45) is 16.7 Å². The zero-order chi connectivity index (χ0) is 33.5. The third-order valence-corrected chi connectivity index (χ3v) is 8.51. The van der Waals surface area contributed by atoms with Gasteiger partial charge in [0.05, 0.1) is 12.2 Å². The molecule has 0 aromatic carbocycles. The van der Waals surface area contributed by atoms with Crippen LogP contribution >= 0.6 is 0 Å². The van der Waals surface area contributed by atoms with Crippen LogP contribution in [-0.2, 0) is 0 Å². The van der Waals surface area contributed by atoms with Crippen LogP contribution in [0.25, 0.3) is 0 Å². The highest BCUT2D eigenvalue weighted by Crippen LogP contribution is 2.42. The van der Waals surface area contributed by atoms with Gasteiger partial charge in [0.1, 0.15) is 0 Å². The topological polar surface area (TPSA) is 40.5 Å². The molecule has 2 N–H and O–H groups in total. The van der Waals surface area contributed by atoms with Gasteiger partial charge < -0.3 is 10.2 Å². The van der Waals surface area contributed by atoms with Crippen molar-refractivity contribution in [3.8, 4) is 0 Å². The molecule has 0 aromatic rings. The van der Waals surface area contributed by atoms with Crippen molar-refractivity contribution in [3.05, 3.63) is 130 Å². The van der Waals surface area contributed by atoms with Crippen molar-refractivity contribution in [3.63, 3.8) is 0 Å². The van der Waals surface area contributed by atoms with Crippen molar-refractivity contribution in [1.29, 1.82) is 0 Å². The number of hydrogen-bond acceptors (Lipinski definition) is 2. The lowest BCUT2D eigenvalue weighted by Crippen LogP contribution is -2.32. The predicted octanol–water partition coefficient (Wildman–Crippen LogP) is 11.4. The van der Waals surface area contributed by atoms with E-state index in [1.807, 2.05) is 32.1 Å². The van der Waals surface area contributed by atoms with Gasteiger partial charge in [-0.2, -0.15) is 0 Å². The average molecular weight is 599 g/mol. The second-order valence-electron chi connectivity index (χ2n) is 14.0. The van der Waals surface area contributed by atoms with E-state index < -0.39 is 0 Å². The van der Waals surface area contributed by atoms with Gasteiger partial charge in [-0.1, -0.05) is 152 Å². The summed E-state index contributed by atoms with van der Waals surface area (Å²) in [6.45, 7) is 25.6. The predicted molar refractivity (Wildman–Crippen MR) is 195 cm³/mol. The molecule has 0 saturated heterocycles. The number of rotatable bonds is 9. The first kappa shape index (κ1) is 39.1. The molecule has 242 valence electrons. The molecule has 2 aliphatic rings. The molecule has 0 bridgehead atoms. The molecule has 0 saturated carbocycles. The Balaban J connectivity index is 0.000000442. The van der Waals surface area contributed by atoms with E-state index >= 15 is 0 Å². The monoisotopic (exact) mass is 598 g/mol. The Hall–Kier alpha value is -2.94. The van der Waals surface area contributed by atoms with Crippen LogP contribution in [0.5, 0.6) is 0 Å². The summed E-state index contributed by atoms with van der Waals surface area (Å²) in [5, 5.41) is 19.8. The van der Waals surface area contributed by atoms with Gasteiger partial charge in [0.15, 0.2) is 0 Å². The van der Waals surface area contributed by atoms with Crippen LogP contribution in [-0.4, -0.2) is 22.4 Å². The summed E-state index contributed by atoms with van der Waals surface area (Å²) in [6, 6.07) is 0. The molecular formula is C42H62O2. The maximum Gasteiger partial charge on any atom is 0.0729 e. The van der Waals surface area contributed by atoms with E-state index in [4.69, 9.17) is 0 Å². The largest absolute Gasteiger partial charge is 0.393 e. The summed E-state index contributed by atoms with van der Waals surface area (Å²) >= 11 is 0. The van der Waals surface area contributed by atoms with E-state index in [0.717, 1.165) is 19.3 Å².